The highest BCUT2D eigenvalue weighted by Gasteiger charge is 2.33. The normalized spacial score (nSPS) is 15.7. The molecule has 0 aliphatic heterocycles. The molecule has 3 N–H and O–H groups in total. The monoisotopic (exact) mass is 354 g/mol. The van der Waals surface area contributed by atoms with Crippen molar-refractivity contribution in [3.05, 3.63) is 29.8 Å². The van der Waals surface area contributed by atoms with Crippen molar-refractivity contribution in [2.24, 2.45) is 5.41 Å². The van der Waals surface area contributed by atoms with Crippen LogP contribution in [-0.4, -0.2) is 25.7 Å². The maximum absolute atomic E-state index is 12.2. The maximum atomic E-state index is 12.2. The average molecular weight is 355 g/mol. The van der Waals surface area contributed by atoms with Gasteiger partial charge in [0.1, 0.15) is 0 Å². The zero-order valence-electron chi connectivity index (χ0n) is 14.7. The minimum Gasteiger partial charge on any atom is -0.399 e. The molecule has 1 fully saturated rings. The first kappa shape index (κ1) is 20.8. The van der Waals surface area contributed by atoms with Gasteiger partial charge in [0.15, 0.2) is 0 Å². The highest BCUT2D eigenvalue weighted by Crippen LogP contribution is 2.40. The fraction of sp³-hybridized carbons (Fsp3) is 0.632. The van der Waals surface area contributed by atoms with Crippen molar-refractivity contribution in [3.63, 3.8) is 0 Å². The molecule has 4 nitrogen and oxygen atoms in total. The quantitative estimate of drug-likeness (QED) is 0.524. The predicted octanol–water partition coefficient (Wildman–Crippen LogP) is 3.73. The molecular weight excluding hydrogens is 324 g/mol. The van der Waals surface area contributed by atoms with E-state index in [1.54, 1.807) is 0 Å². The van der Waals surface area contributed by atoms with E-state index in [9.17, 15) is 4.79 Å². The van der Waals surface area contributed by atoms with Gasteiger partial charge in [0.05, 0.1) is 0 Å². The Bertz CT molecular complexity index is 502. The lowest BCUT2D eigenvalue weighted by Crippen LogP contribution is -2.36. The number of carbonyl (C=O) groups is 1. The molecule has 0 unspecified atom stereocenters. The number of para-hydroxylation sites is 1. The fourth-order valence-corrected chi connectivity index (χ4v) is 3.46. The number of nitrogens with one attached hydrogen (secondary N) is 1. The fourth-order valence-electron chi connectivity index (χ4n) is 3.46. The summed E-state index contributed by atoms with van der Waals surface area (Å²) in [4.78, 5) is 12.2. The Morgan fingerprint density at radius 3 is 2.67 bits per heavy atom. The zero-order chi connectivity index (χ0) is 16.5. The molecule has 0 spiro atoms. The number of halogens is 1. The second-order valence-corrected chi connectivity index (χ2v) is 6.63. The maximum Gasteiger partial charge on any atom is 0.220 e. The third-order valence-electron chi connectivity index (χ3n) is 4.98. The van der Waals surface area contributed by atoms with E-state index in [4.69, 9.17) is 10.5 Å². The van der Waals surface area contributed by atoms with Crippen LogP contribution in [0.15, 0.2) is 24.3 Å². The summed E-state index contributed by atoms with van der Waals surface area (Å²) in [6.45, 7) is 4.37. The molecule has 1 amide bonds. The molecule has 1 aromatic rings. The molecule has 24 heavy (non-hydrogen) atoms. The van der Waals surface area contributed by atoms with Gasteiger partial charge in [0.2, 0.25) is 5.91 Å². The lowest BCUT2D eigenvalue weighted by molar-refractivity contribution is -0.121. The Labute approximate surface area is 151 Å². The van der Waals surface area contributed by atoms with Gasteiger partial charge >= 0.3 is 0 Å². The number of ether oxygens (including phenoxy) is 1. The van der Waals surface area contributed by atoms with Crippen LogP contribution >= 0.6 is 12.4 Å². The molecule has 0 radical (unpaired) electrons. The summed E-state index contributed by atoms with van der Waals surface area (Å²) in [6, 6.07) is 7.75. The first-order chi connectivity index (χ1) is 11.2. The Balaban J connectivity index is 0.00000288. The van der Waals surface area contributed by atoms with Crippen LogP contribution < -0.4 is 11.1 Å². The van der Waals surface area contributed by atoms with Gasteiger partial charge < -0.3 is 15.8 Å². The Kier molecular flexibility index (Phi) is 9.16. The topological polar surface area (TPSA) is 64.3 Å². The average Bonchev–Trinajstić information content (AvgIpc) is 3.02. The van der Waals surface area contributed by atoms with Crippen molar-refractivity contribution < 1.29 is 9.53 Å². The smallest absolute Gasteiger partial charge is 0.220 e. The summed E-state index contributed by atoms with van der Waals surface area (Å²) in [6.07, 6.45) is 7.18. The van der Waals surface area contributed by atoms with Crippen LogP contribution in [0.1, 0.15) is 51.0 Å². The molecule has 1 aliphatic rings. The summed E-state index contributed by atoms with van der Waals surface area (Å²) in [5, 5.41) is 3.15. The number of benzene rings is 1. The molecule has 1 aliphatic carbocycles. The summed E-state index contributed by atoms with van der Waals surface area (Å²) in [5.74, 6) is 0.121. The van der Waals surface area contributed by atoms with E-state index in [1.165, 1.54) is 25.7 Å². The van der Waals surface area contributed by atoms with E-state index in [2.05, 4.69) is 5.32 Å². The van der Waals surface area contributed by atoms with E-state index in [0.717, 1.165) is 37.4 Å². The van der Waals surface area contributed by atoms with Crippen LogP contribution in [0.3, 0.4) is 0 Å². The standard InChI is InChI=1S/C19H30N2O2.ClH/c1-2-23-14-13-19(11-5-6-12-19)15-21-18(22)10-9-16-7-3-4-8-17(16)20;/h3-4,7-8H,2,5-6,9-15,20H2,1H3,(H,21,22);1H. The SMILES string of the molecule is CCOCCC1(CNC(=O)CCc2ccccc2N)CCCC1.Cl. The molecule has 136 valence electrons. The third-order valence-corrected chi connectivity index (χ3v) is 4.98. The van der Waals surface area contributed by atoms with E-state index in [-0.39, 0.29) is 23.7 Å². The molecule has 0 saturated heterocycles. The molecule has 5 heteroatoms. The third kappa shape index (κ3) is 6.33. The summed E-state index contributed by atoms with van der Waals surface area (Å²) >= 11 is 0. The molecule has 0 aromatic heterocycles. The number of nitrogens with two attached hydrogens (primary N) is 1. The van der Waals surface area contributed by atoms with Crippen molar-refractivity contribution >= 4 is 24.0 Å². The van der Waals surface area contributed by atoms with Gasteiger partial charge in [-0.15, -0.1) is 12.4 Å². The number of aryl methyl sites for hydroxylation is 1. The molecule has 0 atom stereocenters. The van der Waals surface area contributed by atoms with Crippen LogP contribution in [-0.2, 0) is 16.0 Å². The molecular formula is C19H31ClN2O2. The van der Waals surface area contributed by atoms with Crippen LogP contribution in [0.2, 0.25) is 0 Å². The van der Waals surface area contributed by atoms with Crippen LogP contribution in [0, 0.1) is 5.41 Å². The van der Waals surface area contributed by atoms with Crippen molar-refractivity contribution in [1.29, 1.82) is 0 Å². The number of hydrogen-bond acceptors (Lipinski definition) is 3. The molecule has 1 saturated carbocycles. The Hall–Kier alpha value is -1.26. The lowest BCUT2D eigenvalue weighted by Gasteiger charge is -2.29. The minimum absolute atomic E-state index is 0. The van der Waals surface area contributed by atoms with Gasteiger partial charge in [0.25, 0.3) is 0 Å². The second-order valence-electron chi connectivity index (χ2n) is 6.63. The van der Waals surface area contributed by atoms with Crippen molar-refractivity contribution in [2.75, 3.05) is 25.5 Å². The largest absolute Gasteiger partial charge is 0.399 e. The van der Waals surface area contributed by atoms with Gasteiger partial charge in [0, 0.05) is 31.9 Å². The summed E-state index contributed by atoms with van der Waals surface area (Å²) in [7, 11) is 0. The predicted molar refractivity (Wildman–Crippen MR) is 101 cm³/mol. The van der Waals surface area contributed by atoms with Gasteiger partial charge in [-0.3, -0.25) is 4.79 Å². The second kappa shape index (κ2) is 10.6. The van der Waals surface area contributed by atoms with Crippen LogP contribution in [0.4, 0.5) is 5.69 Å². The highest BCUT2D eigenvalue weighted by molar-refractivity contribution is 5.85. The van der Waals surface area contributed by atoms with Crippen molar-refractivity contribution in [3.8, 4) is 0 Å². The van der Waals surface area contributed by atoms with Gasteiger partial charge in [-0.25, -0.2) is 0 Å². The van der Waals surface area contributed by atoms with Crippen molar-refractivity contribution in [2.45, 2.75) is 51.9 Å². The Morgan fingerprint density at radius 2 is 2.00 bits per heavy atom. The van der Waals surface area contributed by atoms with Gasteiger partial charge in [-0.05, 0) is 49.7 Å². The zero-order valence-corrected chi connectivity index (χ0v) is 15.5. The number of rotatable bonds is 9. The lowest BCUT2D eigenvalue weighted by atomic mass is 9.83. The highest BCUT2D eigenvalue weighted by atomic mass is 35.5. The molecule has 2 rings (SSSR count). The van der Waals surface area contributed by atoms with E-state index < -0.39 is 0 Å². The van der Waals surface area contributed by atoms with Gasteiger partial charge in [-0.2, -0.15) is 0 Å². The van der Waals surface area contributed by atoms with E-state index >= 15 is 0 Å². The number of nitrogen functional groups attached to an aromatic ring is 1. The summed E-state index contributed by atoms with van der Waals surface area (Å²) < 4.78 is 5.52. The van der Waals surface area contributed by atoms with E-state index in [1.807, 2.05) is 31.2 Å². The molecule has 0 bridgehead atoms. The first-order valence-electron chi connectivity index (χ1n) is 8.83. The first-order valence-corrected chi connectivity index (χ1v) is 8.83. The van der Waals surface area contributed by atoms with Crippen molar-refractivity contribution in [1.82, 2.24) is 5.32 Å². The van der Waals surface area contributed by atoms with E-state index in [0.29, 0.717) is 12.8 Å². The summed E-state index contributed by atoms with van der Waals surface area (Å²) in [5.41, 5.74) is 7.99. The van der Waals surface area contributed by atoms with Gasteiger partial charge in [-0.1, -0.05) is 31.0 Å². The molecule has 0 heterocycles. The van der Waals surface area contributed by atoms with Crippen LogP contribution in [0.5, 0.6) is 0 Å². The number of hydrogen-bond donors (Lipinski definition) is 2. The number of anilines is 1. The van der Waals surface area contributed by atoms with Crippen LogP contribution in [0.25, 0.3) is 0 Å². The minimum atomic E-state index is 0. The number of amides is 1. The number of carbonyl (C=O) groups excluding carboxylic acids is 1. The molecule has 1 aromatic carbocycles. The Morgan fingerprint density at radius 1 is 1.29 bits per heavy atom.